The van der Waals surface area contributed by atoms with Crippen molar-refractivity contribution in [1.82, 2.24) is 9.97 Å². The van der Waals surface area contributed by atoms with E-state index in [4.69, 9.17) is 4.74 Å². The van der Waals surface area contributed by atoms with Crippen molar-refractivity contribution in [3.63, 3.8) is 0 Å². The Kier molecular flexibility index (Phi) is 2.42. The zero-order valence-corrected chi connectivity index (χ0v) is 6.99. The van der Waals surface area contributed by atoms with Crippen molar-refractivity contribution in [2.75, 3.05) is 13.2 Å². The molecule has 0 aromatic carbocycles. The average molecular weight is 165 g/mol. The van der Waals surface area contributed by atoms with Crippen LogP contribution in [0, 0.1) is 12.3 Å². The van der Waals surface area contributed by atoms with E-state index in [2.05, 4.69) is 16.4 Å². The summed E-state index contributed by atoms with van der Waals surface area (Å²) in [6.07, 6.45) is 8.03. The summed E-state index contributed by atoms with van der Waals surface area (Å²) in [5.74, 6) is 1.68. The number of imidazole rings is 1. The first kappa shape index (κ1) is 7.80. The normalized spacial score (nSPS) is 23.2. The third-order valence-corrected chi connectivity index (χ3v) is 2.19. The lowest BCUT2D eigenvalue weighted by atomic mass is 10.0. The number of H-pyrrole nitrogens is 1. The zero-order chi connectivity index (χ0) is 8.23. The lowest BCUT2D eigenvalue weighted by Gasteiger charge is -2.03. The van der Waals surface area contributed by atoms with Crippen LogP contribution in [0.15, 0.2) is 12.4 Å². The summed E-state index contributed by atoms with van der Waals surface area (Å²) < 4.78 is 5.28. The maximum atomic E-state index is 5.28. The van der Waals surface area contributed by atoms with Crippen LogP contribution in [-0.4, -0.2) is 23.2 Å². The molecule has 1 atom stereocenters. The van der Waals surface area contributed by atoms with Gasteiger partial charge in [-0.15, -0.1) is 0 Å². The molecule has 65 valence electrons. The predicted octanol–water partition coefficient (Wildman–Crippen LogP) is 1.39. The van der Waals surface area contributed by atoms with Crippen LogP contribution in [0.2, 0.25) is 0 Å². The predicted molar refractivity (Wildman–Crippen MR) is 45.5 cm³/mol. The Morgan fingerprint density at radius 3 is 3.42 bits per heavy atom. The summed E-state index contributed by atoms with van der Waals surface area (Å²) in [6, 6.07) is 0. The number of aromatic amines is 1. The molecule has 0 saturated carbocycles. The van der Waals surface area contributed by atoms with Gasteiger partial charge in [0.2, 0.25) is 0 Å². The standard InChI is InChI=1S/C9H13N2O/c1(8-3-6-12-7-8)2-9-10-4-5-11-9/h2,4-5,8H,1,3,6-7H2,(H,10,11). The molecule has 1 radical (unpaired) electrons. The molecule has 1 unspecified atom stereocenters. The molecule has 3 nitrogen and oxygen atoms in total. The van der Waals surface area contributed by atoms with Gasteiger partial charge in [0, 0.05) is 32.0 Å². The molecule has 12 heavy (non-hydrogen) atoms. The summed E-state index contributed by atoms with van der Waals surface area (Å²) in [5, 5.41) is 0. The van der Waals surface area contributed by atoms with Crippen LogP contribution in [0.3, 0.4) is 0 Å². The van der Waals surface area contributed by atoms with Crippen molar-refractivity contribution >= 4 is 0 Å². The van der Waals surface area contributed by atoms with Crippen molar-refractivity contribution < 1.29 is 4.74 Å². The van der Waals surface area contributed by atoms with Crippen LogP contribution in [0.1, 0.15) is 18.7 Å². The summed E-state index contributed by atoms with van der Waals surface area (Å²) in [4.78, 5) is 7.18. The van der Waals surface area contributed by atoms with Crippen molar-refractivity contribution in [3.8, 4) is 0 Å². The largest absolute Gasteiger partial charge is 0.381 e. The van der Waals surface area contributed by atoms with Crippen LogP contribution in [0.4, 0.5) is 0 Å². The van der Waals surface area contributed by atoms with Gasteiger partial charge in [-0.2, -0.15) is 0 Å². The Balaban J connectivity index is 1.74. The molecule has 0 bridgehead atoms. The molecule has 3 heteroatoms. The monoisotopic (exact) mass is 165 g/mol. The molecule has 0 amide bonds. The second kappa shape index (κ2) is 3.72. The number of hydrogen-bond acceptors (Lipinski definition) is 2. The van der Waals surface area contributed by atoms with E-state index >= 15 is 0 Å². The van der Waals surface area contributed by atoms with Gasteiger partial charge in [-0.3, -0.25) is 0 Å². The van der Waals surface area contributed by atoms with E-state index in [0.717, 1.165) is 25.5 Å². The van der Waals surface area contributed by atoms with Crippen molar-refractivity contribution in [2.45, 2.75) is 12.8 Å². The Bertz CT molecular complexity index is 214. The molecule has 1 fully saturated rings. The molecule has 1 aliphatic heterocycles. The van der Waals surface area contributed by atoms with Gasteiger partial charge < -0.3 is 9.72 Å². The Morgan fingerprint density at radius 1 is 1.75 bits per heavy atom. The number of nitrogens with zero attached hydrogens (tertiary/aromatic N) is 1. The molecule has 1 aromatic rings. The van der Waals surface area contributed by atoms with Gasteiger partial charge in [0.1, 0.15) is 5.82 Å². The van der Waals surface area contributed by atoms with E-state index in [0.29, 0.717) is 5.92 Å². The quantitative estimate of drug-likeness (QED) is 0.735. The average Bonchev–Trinajstić information content (AvgIpc) is 2.74. The molecule has 1 N–H and O–H groups in total. The minimum Gasteiger partial charge on any atom is -0.381 e. The first-order chi connectivity index (χ1) is 5.95. The fraction of sp³-hybridized carbons (Fsp3) is 0.556. The first-order valence-electron chi connectivity index (χ1n) is 4.35. The van der Waals surface area contributed by atoms with Crippen LogP contribution in [-0.2, 0) is 4.74 Å². The van der Waals surface area contributed by atoms with Gasteiger partial charge in [-0.05, 0) is 18.8 Å². The van der Waals surface area contributed by atoms with Crippen molar-refractivity contribution in [1.29, 1.82) is 0 Å². The summed E-state index contributed by atoms with van der Waals surface area (Å²) in [6.45, 7) is 1.84. The van der Waals surface area contributed by atoms with Gasteiger partial charge >= 0.3 is 0 Å². The van der Waals surface area contributed by atoms with Crippen molar-refractivity contribution in [2.24, 2.45) is 5.92 Å². The van der Waals surface area contributed by atoms with Crippen LogP contribution < -0.4 is 0 Å². The fourth-order valence-corrected chi connectivity index (χ4v) is 1.44. The maximum absolute atomic E-state index is 5.28. The number of aromatic nitrogens is 2. The number of ether oxygens (including phenoxy) is 1. The highest BCUT2D eigenvalue weighted by Crippen LogP contribution is 2.18. The van der Waals surface area contributed by atoms with E-state index in [-0.39, 0.29) is 0 Å². The highest BCUT2D eigenvalue weighted by molar-refractivity contribution is 5.01. The van der Waals surface area contributed by atoms with Gasteiger partial charge in [0.15, 0.2) is 0 Å². The van der Waals surface area contributed by atoms with Crippen molar-refractivity contribution in [3.05, 3.63) is 24.6 Å². The third kappa shape index (κ3) is 1.85. The van der Waals surface area contributed by atoms with Crippen LogP contribution in [0.5, 0.6) is 0 Å². The Hall–Kier alpha value is -0.830. The van der Waals surface area contributed by atoms with E-state index in [1.165, 1.54) is 6.42 Å². The molecule has 1 aromatic heterocycles. The van der Waals surface area contributed by atoms with E-state index in [9.17, 15) is 0 Å². The van der Waals surface area contributed by atoms with Gasteiger partial charge in [0.05, 0.1) is 0 Å². The maximum Gasteiger partial charge on any atom is 0.109 e. The van der Waals surface area contributed by atoms with Gasteiger partial charge in [-0.1, -0.05) is 0 Å². The molecule has 1 aliphatic rings. The molecule has 0 spiro atoms. The minimum absolute atomic E-state index is 0.704. The summed E-state index contributed by atoms with van der Waals surface area (Å²) >= 11 is 0. The van der Waals surface area contributed by atoms with Gasteiger partial charge in [-0.25, -0.2) is 4.98 Å². The number of nitrogens with one attached hydrogen (secondary N) is 1. The van der Waals surface area contributed by atoms with E-state index < -0.39 is 0 Å². The zero-order valence-electron chi connectivity index (χ0n) is 6.99. The second-order valence-electron chi connectivity index (χ2n) is 3.14. The number of hydrogen-bond donors (Lipinski definition) is 1. The fourth-order valence-electron chi connectivity index (χ4n) is 1.44. The molecule has 2 rings (SSSR count). The highest BCUT2D eigenvalue weighted by atomic mass is 16.5. The van der Waals surface area contributed by atoms with E-state index in [1.807, 2.05) is 6.20 Å². The van der Waals surface area contributed by atoms with Crippen LogP contribution >= 0.6 is 0 Å². The molecule has 1 saturated heterocycles. The summed E-state index contributed by atoms with van der Waals surface area (Å²) in [7, 11) is 0. The Labute approximate surface area is 72.2 Å². The lowest BCUT2D eigenvalue weighted by molar-refractivity contribution is 0.185. The third-order valence-electron chi connectivity index (χ3n) is 2.19. The minimum atomic E-state index is 0.704. The molecular formula is C9H13N2O. The molecule has 2 heterocycles. The van der Waals surface area contributed by atoms with E-state index in [1.54, 1.807) is 6.20 Å². The first-order valence-corrected chi connectivity index (χ1v) is 4.35. The summed E-state index contributed by atoms with van der Waals surface area (Å²) in [5.41, 5.74) is 0. The smallest absolute Gasteiger partial charge is 0.109 e. The number of rotatable bonds is 3. The Morgan fingerprint density at radius 2 is 2.75 bits per heavy atom. The second-order valence-corrected chi connectivity index (χ2v) is 3.14. The molecular weight excluding hydrogens is 152 g/mol. The highest BCUT2D eigenvalue weighted by Gasteiger charge is 2.15. The lowest BCUT2D eigenvalue weighted by Crippen LogP contribution is -2.00. The SMILES string of the molecule is [CH](CC1CCOC1)c1ncc[nH]1. The topological polar surface area (TPSA) is 37.9 Å². The van der Waals surface area contributed by atoms with Gasteiger partial charge in [0.25, 0.3) is 0 Å². The molecule has 0 aliphatic carbocycles. The van der Waals surface area contributed by atoms with Crippen LogP contribution in [0.25, 0.3) is 0 Å².